The Hall–Kier alpha value is -3.28. The van der Waals surface area contributed by atoms with Gasteiger partial charge in [-0.05, 0) is 25.1 Å². The first-order valence-corrected chi connectivity index (χ1v) is 7.63. The molecule has 0 spiro atoms. The largest absolute Gasteiger partial charge is 0.456 e. The van der Waals surface area contributed by atoms with E-state index in [2.05, 4.69) is 5.10 Å². The van der Waals surface area contributed by atoms with Crippen molar-refractivity contribution in [3.8, 4) is 5.69 Å². The lowest BCUT2D eigenvalue weighted by Crippen LogP contribution is -2.24. The lowest BCUT2D eigenvalue weighted by molar-refractivity contribution is 0.0458. The highest BCUT2D eigenvalue weighted by molar-refractivity contribution is 5.86. The molecule has 25 heavy (non-hydrogen) atoms. The van der Waals surface area contributed by atoms with E-state index in [1.165, 1.54) is 22.9 Å². The quantitative estimate of drug-likeness (QED) is 0.686. The number of nitrogens with zero attached hydrogens (tertiary/aromatic N) is 2. The molecular formula is C19H15FN2O3. The van der Waals surface area contributed by atoms with Crippen LogP contribution in [0.15, 0.2) is 65.5 Å². The summed E-state index contributed by atoms with van der Waals surface area (Å²) in [5.74, 6) is -1.37. The summed E-state index contributed by atoms with van der Waals surface area (Å²) in [6.45, 7) is 1.45. The van der Waals surface area contributed by atoms with Gasteiger partial charge in [0, 0.05) is 17.3 Å². The van der Waals surface area contributed by atoms with Crippen molar-refractivity contribution in [2.45, 2.75) is 13.5 Å². The standard InChI is InChI=1S/C19H15FN2O3/c1-13-11-17(23)18(21-22(13)15-8-3-2-4-9-15)19(24)25-12-14-7-5-6-10-16(14)20/h2-11H,12H2,1H3. The maximum atomic E-state index is 13.6. The summed E-state index contributed by atoms with van der Waals surface area (Å²) in [4.78, 5) is 24.3. The van der Waals surface area contributed by atoms with Gasteiger partial charge in [-0.1, -0.05) is 36.4 Å². The molecule has 0 aliphatic rings. The van der Waals surface area contributed by atoms with Gasteiger partial charge < -0.3 is 4.74 Å². The fraction of sp³-hybridized carbons (Fsp3) is 0.105. The van der Waals surface area contributed by atoms with Crippen LogP contribution in [0.3, 0.4) is 0 Å². The molecule has 0 saturated carbocycles. The van der Waals surface area contributed by atoms with E-state index < -0.39 is 17.2 Å². The van der Waals surface area contributed by atoms with E-state index in [4.69, 9.17) is 4.74 Å². The van der Waals surface area contributed by atoms with E-state index >= 15 is 0 Å². The number of halogens is 1. The highest BCUT2D eigenvalue weighted by Crippen LogP contribution is 2.10. The van der Waals surface area contributed by atoms with Crippen LogP contribution in [-0.2, 0) is 11.3 Å². The van der Waals surface area contributed by atoms with Crippen molar-refractivity contribution in [1.29, 1.82) is 0 Å². The van der Waals surface area contributed by atoms with Crippen LogP contribution < -0.4 is 5.43 Å². The first-order valence-electron chi connectivity index (χ1n) is 7.63. The fourth-order valence-corrected chi connectivity index (χ4v) is 2.35. The van der Waals surface area contributed by atoms with Gasteiger partial charge in [0.15, 0.2) is 0 Å². The molecule has 3 aromatic rings. The van der Waals surface area contributed by atoms with Crippen LogP contribution in [0.5, 0.6) is 0 Å². The summed E-state index contributed by atoms with van der Waals surface area (Å²) in [5.41, 5.74) is 0.644. The Morgan fingerprint density at radius 3 is 2.52 bits per heavy atom. The van der Waals surface area contributed by atoms with Gasteiger partial charge in [-0.25, -0.2) is 13.9 Å². The average Bonchev–Trinajstić information content (AvgIpc) is 2.61. The second-order valence-corrected chi connectivity index (χ2v) is 5.41. The third-order valence-corrected chi connectivity index (χ3v) is 3.62. The lowest BCUT2D eigenvalue weighted by atomic mass is 10.2. The molecule has 0 aliphatic carbocycles. The number of para-hydroxylation sites is 1. The third kappa shape index (κ3) is 3.63. The van der Waals surface area contributed by atoms with Gasteiger partial charge in [-0.3, -0.25) is 4.79 Å². The number of hydrogen-bond acceptors (Lipinski definition) is 4. The maximum absolute atomic E-state index is 13.6. The number of carbonyl (C=O) groups excluding carboxylic acids is 1. The van der Waals surface area contributed by atoms with Crippen molar-refractivity contribution in [3.63, 3.8) is 0 Å². The van der Waals surface area contributed by atoms with Crippen LogP contribution in [0, 0.1) is 12.7 Å². The van der Waals surface area contributed by atoms with Gasteiger partial charge in [0.25, 0.3) is 0 Å². The lowest BCUT2D eigenvalue weighted by Gasteiger charge is -2.11. The SMILES string of the molecule is Cc1cc(=O)c(C(=O)OCc2ccccc2F)nn1-c1ccccc1. The monoisotopic (exact) mass is 338 g/mol. The van der Waals surface area contributed by atoms with Crippen LogP contribution in [-0.4, -0.2) is 15.7 Å². The third-order valence-electron chi connectivity index (χ3n) is 3.62. The first-order chi connectivity index (χ1) is 12.1. The van der Waals surface area contributed by atoms with E-state index in [1.807, 2.05) is 18.2 Å². The highest BCUT2D eigenvalue weighted by atomic mass is 19.1. The van der Waals surface area contributed by atoms with Gasteiger partial charge in [0.05, 0.1) is 5.69 Å². The number of rotatable bonds is 4. The summed E-state index contributed by atoms with van der Waals surface area (Å²) in [7, 11) is 0. The van der Waals surface area contributed by atoms with Gasteiger partial charge in [0.2, 0.25) is 11.1 Å². The zero-order chi connectivity index (χ0) is 17.8. The molecule has 6 heteroatoms. The van der Waals surface area contributed by atoms with Gasteiger partial charge in [0.1, 0.15) is 12.4 Å². The molecular weight excluding hydrogens is 323 g/mol. The van der Waals surface area contributed by atoms with Crippen LogP contribution in [0.4, 0.5) is 4.39 Å². The zero-order valence-corrected chi connectivity index (χ0v) is 13.5. The Morgan fingerprint density at radius 2 is 1.80 bits per heavy atom. The normalized spacial score (nSPS) is 10.5. The Morgan fingerprint density at radius 1 is 1.12 bits per heavy atom. The van der Waals surface area contributed by atoms with Gasteiger partial charge in [-0.15, -0.1) is 0 Å². The number of hydrogen-bond donors (Lipinski definition) is 0. The van der Waals surface area contributed by atoms with Crippen LogP contribution in [0.1, 0.15) is 21.7 Å². The van der Waals surface area contributed by atoms with E-state index in [0.717, 1.165) is 0 Å². The van der Waals surface area contributed by atoms with Crippen molar-refractivity contribution in [2.24, 2.45) is 0 Å². The molecule has 0 radical (unpaired) electrons. The Bertz CT molecular complexity index is 968. The molecule has 3 rings (SSSR count). The minimum atomic E-state index is -0.891. The summed E-state index contributed by atoms with van der Waals surface area (Å²) in [6.07, 6.45) is 0. The topological polar surface area (TPSA) is 61.2 Å². The predicted molar refractivity (Wildman–Crippen MR) is 90.1 cm³/mol. The average molecular weight is 338 g/mol. The van der Waals surface area contributed by atoms with E-state index in [9.17, 15) is 14.0 Å². The van der Waals surface area contributed by atoms with Crippen molar-refractivity contribution >= 4 is 5.97 Å². The smallest absolute Gasteiger partial charge is 0.363 e. The minimum absolute atomic E-state index is 0.228. The molecule has 5 nitrogen and oxygen atoms in total. The molecule has 126 valence electrons. The molecule has 0 amide bonds. The van der Waals surface area contributed by atoms with Gasteiger partial charge >= 0.3 is 5.97 Å². The minimum Gasteiger partial charge on any atom is -0.456 e. The number of aryl methyl sites for hydroxylation is 1. The van der Waals surface area contributed by atoms with E-state index in [-0.39, 0.29) is 17.9 Å². The second kappa shape index (κ2) is 7.09. The predicted octanol–water partition coefficient (Wildman–Crippen LogP) is 3.04. The van der Waals surface area contributed by atoms with Crippen molar-refractivity contribution < 1.29 is 13.9 Å². The molecule has 0 unspecified atom stereocenters. The van der Waals surface area contributed by atoms with Crippen molar-refractivity contribution in [1.82, 2.24) is 9.78 Å². The summed E-state index contributed by atoms with van der Waals surface area (Å²) in [6, 6.07) is 16.4. The van der Waals surface area contributed by atoms with E-state index in [0.29, 0.717) is 11.4 Å². The number of carbonyl (C=O) groups is 1. The Labute approximate surface area is 143 Å². The Kier molecular flexibility index (Phi) is 4.70. The highest BCUT2D eigenvalue weighted by Gasteiger charge is 2.17. The van der Waals surface area contributed by atoms with Crippen molar-refractivity contribution in [3.05, 3.63) is 93.7 Å². The van der Waals surface area contributed by atoms with Crippen LogP contribution in [0.2, 0.25) is 0 Å². The summed E-state index contributed by atoms with van der Waals surface area (Å²) < 4.78 is 20.1. The first kappa shape index (κ1) is 16.6. The molecule has 1 aromatic heterocycles. The zero-order valence-electron chi connectivity index (χ0n) is 13.5. The molecule has 0 bridgehead atoms. The van der Waals surface area contributed by atoms with Crippen LogP contribution in [0.25, 0.3) is 5.69 Å². The molecule has 1 heterocycles. The number of ether oxygens (including phenoxy) is 1. The molecule has 0 aliphatic heterocycles. The molecule has 0 fully saturated rings. The second-order valence-electron chi connectivity index (χ2n) is 5.41. The molecule has 2 aromatic carbocycles. The Balaban J connectivity index is 1.88. The summed E-state index contributed by atoms with van der Waals surface area (Å²) >= 11 is 0. The molecule has 0 N–H and O–H groups in total. The van der Waals surface area contributed by atoms with Gasteiger partial charge in [-0.2, -0.15) is 5.10 Å². The fourth-order valence-electron chi connectivity index (χ4n) is 2.35. The number of esters is 1. The maximum Gasteiger partial charge on any atom is 0.363 e. The van der Waals surface area contributed by atoms with Crippen molar-refractivity contribution in [2.75, 3.05) is 0 Å². The number of benzene rings is 2. The summed E-state index contributed by atoms with van der Waals surface area (Å²) in [5, 5.41) is 4.11. The molecule has 0 saturated heterocycles. The molecule has 0 atom stereocenters. The number of aromatic nitrogens is 2. The van der Waals surface area contributed by atoms with E-state index in [1.54, 1.807) is 31.2 Å². The van der Waals surface area contributed by atoms with Crippen LogP contribution >= 0.6 is 0 Å².